The van der Waals surface area contributed by atoms with E-state index in [0.29, 0.717) is 0 Å². The van der Waals surface area contributed by atoms with E-state index >= 15 is 0 Å². The average molecular weight is 320 g/mol. The molecule has 2 aromatic rings. The molecule has 1 unspecified atom stereocenters. The molecule has 6 heteroatoms. The number of amides is 1. The molecule has 22 heavy (non-hydrogen) atoms. The maximum Gasteiger partial charge on any atom is 0.307 e. The van der Waals surface area contributed by atoms with Crippen molar-refractivity contribution in [1.82, 2.24) is 9.88 Å². The predicted octanol–water partition coefficient (Wildman–Crippen LogP) is 2.49. The van der Waals surface area contributed by atoms with Crippen molar-refractivity contribution < 1.29 is 9.53 Å². The summed E-state index contributed by atoms with van der Waals surface area (Å²) in [6, 6.07) is 7.55. The summed E-state index contributed by atoms with van der Waals surface area (Å²) in [6.07, 6.45) is 0.773. The summed E-state index contributed by atoms with van der Waals surface area (Å²) >= 11 is 1.11. The first-order valence-electron chi connectivity index (χ1n) is 7.13. The minimum Gasteiger partial charge on any atom is -0.497 e. The quantitative estimate of drug-likeness (QED) is 0.889. The van der Waals surface area contributed by atoms with E-state index in [-0.39, 0.29) is 23.4 Å². The summed E-state index contributed by atoms with van der Waals surface area (Å²) in [5.41, 5.74) is 1.83. The van der Waals surface area contributed by atoms with Crippen molar-refractivity contribution in [2.24, 2.45) is 0 Å². The standard InChI is InChI=1S/C16H20N2O3S/c1-4-14(12-5-7-13(21-3)8-6-12)17-15(19)9-18-11(2)10-22-16(18)20/h5-8,10,14H,4,9H2,1-3H3,(H,17,19). The summed E-state index contributed by atoms with van der Waals surface area (Å²) in [5.74, 6) is 0.622. The number of rotatable bonds is 6. The normalized spacial score (nSPS) is 12.0. The van der Waals surface area contributed by atoms with E-state index in [4.69, 9.17) is 4.74 Å². The van der Waals surface area contributed by atoms with E-state index in [9.17, 15) is 9.59 Å². The summed E-state index contributed by atoms with van der Waals surface area (Å²) in [6.45, 7) is 3.89. The molecule has 0 aliphatic carbocycles. The van der Waals surface area contributed by atoms with Crippen LogP contribution >= 0.6 is 11.3 Å². The summed E-state index contributed by atoms with van der Waals surface area (Å²) < 4.78 is 6.62. The number of aromatic nitrogens is 1. The van der Waals surface area contributed by atoms with Crippen LogP contribution in [0.25, 0.3) is 0 Å². The van der Waals surface area contributed by atoms with E-state index < -0.39 is 0 Å². The Morgan fingerprint density at radius 1 is 1.36 bits per heavy atom. The van der Waals surface area contributed by atoms with Crippen LogP contribution in [0.5, 0.6) is 5.75 Å². The van der Waals surface area contributed by atoms with E-state index in [1.807, 2.05) is 38.1 Å². The van der Waals surface area contributed by atoms with Gasteiger partial charge in [0.2, 0.25) is 5.91 Å². The largest absolute Gasteiger partial charge is 0.497 e. The van der Waals surface area contributed by atoms with Gasteiger partial charge in [0.15, 0.2) is 0 Å². The van der Waals surface area contributed by atoms with Gasteiger partial charge in [0.25, 0.3) is 0 Å². The van der Waals surface area contributed by atoms with Crippen LogP contribution in [0.3, 0.4) is 0 Å². The van der Waals surface area contributed by atoms with Crippen molar-refractivity contribution in [1.29, 1.82) is 0 Å². The molecule has 1 aromatic carbocycles. The fourth-order valence-corrected chi connectivity index (χ4v) is 2.97. The Morgan fingerprint density at radius 3 is 2.55 bits per heavy atom. The molecule has 1 heterocycles. The highest BCUT2D eigenvalue weighted by atomic mass is 32.1. The molecule has 0 aliphatic heterocycles. The van der Waals surface area contributed by atoms with Crippen molar-refractivity contribution in [3.05, 3.63) is 50.6 Å². The average Bonchev–Trinajstić information content (AvgIpc) is 2.84. The zero-order chi connectivity index (χ0) is 16.1. The molecule has 0 fully saturated rings. The van der Waals surface area contributed by atoms with Gasteiger partial charge in [-0.05, 0) is 31.0 Å². The van der Waals surface area contributed by atoms with Crippen LogP contribution in [0, 0.1) is 6.92 Å². The van der Waals surface area contributed by atoms with Gasteiger partial charge in [-0.1, -0.05) is 30.4 Å². The lowest BCUT2D eigenvalue weighted by molar-refractivity contribution is -0.122. The lowest BCUT2D eigenvalue weighted by atomic mass is 10.0. The van der Waals surface area contributed by atoms with E-state index in [0.717, 1.165) is 34.8 Å². The van der Waals surface area contributed by atoms with Gasteiger partial charge in [0.1, 0.15) is 12.3 Å². The molecule has 0 radical (unpaired) electrons. The van der Waals surface area contributed by atoms with E-state index in [1.165, 1.54) is 4.57 Å². The third-order valence-corrected chi connectivity index (χ3v) is 4.42. The van der Waals surface area contributed by atoms with Crippen molar-refractivity contribution in [3.63, 3.8) is 0 Å². The topological polar surface area (TPSA) is 60.3 Å². The molecular formula is C16H20N2O3S. The number of hydrogen-bond acceptors (Lipinski definition) is 4. The molecule has 118 valence electrons. The van der Waals surface area contributed by atoms with Crippen LogP contribution in [0.2, 0.25) is 0 Å². The second-order valence-corrected chi connectivity index (χ2v) is 5.85. The number of benzene rings is 1. The van der Waals surface area contributed by atoms with Crippen molar-refractivity contribution in [2.45, 2.75) is 32.9 Å². The zero-order valence-electron chi connectivity index (χ0n) is 13.0. The first kappa shape index (κ1) is 16.3. The van der Waals surface area contributed by atoms with Crippen molar-refractivity contribution >= 4 is 17.2 Å². The Morgan fingerprint density at radius 2 is 2.05 bits per heavy atom. The third kappa shape index (κ3) is 3.76. The lowest BCUT2D eigenvalue weighted by Crippen LogP contribution is -2.33. The lowest BCUT2D eigenvalue weighted by Gasteiger charge is -2.18. The monoisotopic (exact) mass is 320 g/mol. The molecule has 2 rings (SSSR count). The maximum absolute atomic E-state index is 12.2. The number of carbonyl (C=O) groups excluding carboxylic acids is 1. The van der Waals surface area contributed by atoms with Crippen LogP contribution in [0.1, 0.15) is 30.6 Å². The van der Waals surface area contributed by atoms with Crippen molar-refractivity contribution in [2.75, 3.05) is 7.11 Å². The molecule has 1 atom stereocenters. The van der Waals surface area contributed by atoms with Gasteiger partial charge in [-0.25, -0.2) is 0 Å². The van der Waals surface area contributed by atoms with Crippen molar-refractivity contribution in [3.8, 4) is 5.75 Å². The van der Waals surface area contributed by atoms with Crippen LogP contribution < -0.4 is 14.9 Å². The second-order valence-electron chi connectivity index (χ2n) is 5.03. The van der Waals surface area contributed by atoms with Gasteiger partial charge in [0, 0.05) is 11.1 Å². The minimum atomic E-state index is -0.161. The Labute approximate surface area is 133 Å². The maximum atomic E-state index is 12.2. The Kier molecular flexibility index (Phi) is 5.38. The number of methoxy groups -OCH3 is 1. The summed E-state index contributed by atoms with van der Waals surface area (Å²) in [4.78, 5) is 23.7. The summed E-state index contributed by atoms with van der Waals surface area (Å²) in [5, 5.41) is 4.74. The Balaban J connectivity index is 2.06. The molecule has 0 aliphatic rings. The number of carbonyl (C=O) groups is 1. The van der Waals surface area contributed by atoms with Crippen LogP contribution in [-0.4, -0.2) is 17.6 Å². The number of hydrogen-bond donors (Lipinski definition) is 1. The van der Waals surface area contributed by atoms with Gasteiger partial charge < -0.3 is 10.1 Å². The number of aryl methyl sites for hydroxylation is 1. The molecule has 0 bridgehead atoms. The predicted molar refractivity (Wildman–Crippen MR) is 87.5 cm³/mol. The van der Waals surface area contributed by atoms with Gasteiger partial charge in [-0.15, -0.1) is 0 Å². The van der Waals surface area contributed by atoms with Gasteiger partial charge in [-0.2, -0.15) is 0 Å². The van der Waals surface area contributed by atoms with E-state index in [2.05, 4.69) is 5.32 Å². The van der Waals surface area contributed by atoms with Gasteiger partial charge in [0.05, 0.1) is 13.2 Å². The van der Waals surface area contributed by atoms with Crippen LogP contribution in [0.15, 0.2) is 34.4 Å². The van der Waals surface area contributed by atoms with E-state index in [1.54, 1.807) is 12.5 Å². The molecule has 1 aromatic heterocycles. The molecule has 5 nitrogen and oxygen atoms in total. The first-order chi connectivity index (χ1) is 10.5. The molecular weight excluding hydrogens is 300 g/mol. The number of nitrogens with one attached hydrogen (secondary N) is 1. The SMILES string of the molecule is CCC(NC(=O)Cn1c(C)csc1=O)c1ccc(OC)cc1. The number of thiazole rings is 1. The fraction of sp³-hybridized carbons (Fsp3) is 0.375. The first-order valence-corrected chi connectivity index (χ1v) is 8.01. The third-order valence-electron chi connectivity index (χ3n) is 3.54. The zero-order valence-corrected chi connectivity index (χ0v) is 13.8. The number of ether oxygens (including phenoxy) is 1. The number of nitrogens with zero attached hydrogens (tertiary/aromatic N) is 1. The molecule has 0 saturated heterocycles. The minimum absolute atomic E-state index is 0.0564. The van der Waals surface area contributed by atoms with Gasteiger partial charge in [-0.3, -0.25) is 14.2 Å². The fourth-order valence-electron chi connectivity index (χ4n) is 2.24. The summed E-state index contributed by atoms with van der Waals surface area (Å²) in [7, 11) is 1.62. The highest BCUT2D eigenvalue weighted by Gasteiger charge is 2.14. The Bertz CT molecular complexity index is 688. The van der Waals surface area contributed by atoms with Gasteiger partial charge >= 0.3 is 4.87 Å². The molecule has 0 spiro atoms. The molecule has 1 N–H and O–H groups in total. The van der Waals surface area contributed by atoms with Crippen LogP contribution in [0.4, 0.5) is 0 Å². The second kappa shape index (κ2) is 7.26. The molecule has 0 saturated carbocycles. The molecule has 1 amide bonds. The van der Waals surface area contributed by atoms with Crippen LogP contribution in [-0.2, 0) is 11.3 Å². The smallest absolute Gasteiger partial charge is 0.307 e. The highest BCUT2D eigenvalue weighted by Crippen LogP contribution is 2.20. The Hall–Kier alpha value is -2.08. The highest BCUT2D eigenvalue weighted by molar-refractivity contribution is 7.07.